The second-order valence-corrected chi connectivity index (χ2v) is 5.81. The minimum Gasteiger partial charge on any atom is -0.502 e. The van der Waals surface area contributed by atoms with Gasteiger partial charge in [0.25, 0.3) is 0 Å². The fourth-order valence-electron chi connectivity index (χ4n) is 2.48. The smallest absolute Gasteiger partial charge is 0.203 e. The van der Waals surface area contributed by atoms with Crippen LogP contribution in [0.5, 0.6) is 34.5 Å². The number of phenolic OH excluding ortho intramolecular Hbond substituents is 1. The Morgan fingerprint density at radius 1 is 0.645 bits per heavy atom. The van der Waals surface area contributed by atoms with Crippen molar-refractivity contribution in [3.63, 3.8) is 0 Å². The third-order valence-electron chi connectivity index (χ3n) is 4.08. The molecular weight excluding hydrogens is 412 g/mol. The molecular formula is C21H26O10. The Balaban J connectivity index is 0.000000311. The van der Waals surface area contributed by atoms with Crippen LogP contribution in [0, 0.1) is 0 Å². The number of ketones is 2. The fraction of sp³-hybridized carbons (Fsp3) is 0.333. The number of benzene rings is 2. The summed E-state index contributed by atoms with van der Waals surface area (Å²) in [6.07, 6.45) is 0. The largest absolute Gasteiger partial charge is 0.502 e. The van der Waals surface area contributed by atoms with Crippen LogP contribution in [0.25, 0.3) is 0 Å². The number of aromatic hydroxyl groups is 1. The maximum Gasteiger partial charge on any atom is 0.203 e. The summed E-state index contributed by atoms with van der Waals surface area (Å²) in [5.41, 5.74) is 0.543. The summed E-state index contributed by atoms with van der Waals surface area (Å²) in [4.78, 5) is 22.6. The lowest BCUT2D eigenvalue weighted by atomic mass is 10.1. The summed E-state index contributed by atoms with van der Waals surface area (Å²) >= 11 is 0. The van der Waals surface area contributed by atoms with Crippen LogP contribution in [-0.2, 0) is 0 Å². The van der Waals surface area contributed by atoms with Gasteiger partial charge in [0, 0.05) is 11.1 Å². The molecule has 10 nitrogen and oxygen atoms in total. The van der Waals surface area contributed by atoms with E-state index in [1.54, 1.807) is 0 Å². The first-order chi connectivity index (χ1) is 14.8. The van der Waals surface area contributed by atoms with Crippen LogP contribution in [0.3, 0.4) is 0 Å². The van der Waals surface area contributed by atoms with E-state index in [4.69, 9.17) is 33.9 Å². The van der Waals surface area contributed by atoms with Crippen LogP contribution in [0.4, 0.5) is 0 Å². The molecule has 0 aromatic heterocycles. The van der Waals surface area contributed by atoms with Gasteiger partial charge in [0.15, 0.2) is 34.6 Å². The van der Waals surface area contributed by atoms with Crippen LogP contribution in [-0.4, -0.2) is 75.6 Å². The topological polar surface area (TPSA) is 141 Å². The lowest BCUT2D eigenvalue weighted by Gasteiger charge is -2.13. The Labute approximate surface area is 179 Å². The predicted molar refractivity (Wildman–Crippen MR) is 110 cm³/mol. The zero-order valence-electron chi connectivity index (χ0n) is 17.9. The van der Waals surface area contributed by atoms with Crippen molar-refractivity contribution in [1.82, 2.24) is 0 Å². The molecule has 0 fully saturated rings. The van der Waals surface area contributed by atoms with Crippen molar-refractivity contribution < 1.29 is 48.6 Å². The number of ether oxygens (including phenoxy) is 5. The lowest BCUT2D eigenvalue weighted by Crippen LogP contribution is -2.06. The fourth-order valence-corrected chi connectivity index (χ4v) is 2.48. The third-order valence-corrected chi connectivity index (χ3v) is 4.08. The molecule has 2 aromatic rings. The Morgan fingerprint density at radius 3 is 1.23 bits per heavy atom. The molecule has 0 heterocycles. The van der Waals surface area contributed by atoms with E-state index < -0.39 is 24.8 Å². The van der Waals surface area contributed by atoms with Gasteiger partial charge in [-0.1, -0.05) is 0 Å². The van der Waals surface area contributed by atoms with Crippen molar-refractivity contribution in [2.75, 3.05) is 48.8 Å². The third kappa shape index (κ3) is 6.24. The molecule has 0 unspecified atom stereocenters. The highest BCUT2D eigenvalue weighted by molar-refractivity contribution is 5.98. The molecule has 0 bridgehead atoms. The van der Waals surface area contributed by atoms with E-state index >= 15 is 0 Å². The van der Waals surface area contributed by atoms with E-state index in [0.29, 0.717) is 22.8 Å². The number of Topliss-reactive ketones (excluding diaryl/α,β-unsaturated/α-hetero) is 2. The van der Waals surface area contributed by atoms with E-state index in [-0.39, 0.29) is 22.8 Å². The minimum atomic E-state index is -0.600. The second-order valence-electron chi connectivity index (χ2n) is 5.81. The summed E-state index contributed by atoms with van der Waals surface area (Å²) < 4.78 is 25.0. The Morgan fingerprint density at radius 2 is 0.968 bits per heavy atom. The molecule has 2 rings (SSSR count). The first kappa shape index (κ1) is 25.5. The van der Waals surface area contributed by atoms with Gasteiger partial charge in [-0.3, -0.25) is 9.59 Å². The summed E-state index contributed by atoms with van der Waals surface area (Å²) in [7, 11) is 7.13. The molecule has 2 aromatic carbocycles. The van der Waals surface area contributed by atoms with Gasteiger partial charge in [-0.25, -0.2) is 0 Å². The van der Waals surface area contributed by atoms with Crippen molar-refractivity contribution in [3.05, 3.63) is 35.4 Å². The Kier molecular flexibility index (Phi) is 10.1. The molecule has 31 heavy (non-hydrogen) atoms. The van der Waals surface area contributed by atoms with Gasteiger partial charge in [-0.15, -0.1) is 0 Å². The number of aliphatic hydroxyl groups excluding tert-OH is 2. The van der Waals surface area contributed by atoms with Gasteiger partial charge in [0.1, 0.15) is 13.2 Å². The van der Waals surface area contributed by atoms with Crippen molar-refractivity contribution >= 4 is 11.6 Å². The SMILES string of the molecule is COc1cc(C(=O)CO)cc(OC)c1O.COc1cc(C(=O)CO)cc(OC)c1OC. The van der Waals surface area contributed by atoms with Gasteiger partial charge in [0.05, 0.1) is 35.5 Å². The normalized spacial score (nSPS) is 9.77. The standard InChI is InChI=1S/C11H14O5.C10H12O5/c1-14-9-4-7(8(13)6-12)5-10(15-2)11(9)16-3;1-14-8-3-6(7(12)5-11)4-9(15-2)10(8)13/h4-5,12H,6H2,1-3H3;3-4,11,13H,5H2,1-2H3. The zero-order chi connectivity index (χ0) is 23.6. The molecule has 0 saturated carbocycles. The molecule has 170 valence electrons. The monoisotopic (exact) mass is 438 g/mol. The number of carbonyl (C=O) groups is 2. The number of aliphatic hydroxyl groups is 2. The minimum absolute atomic E-state index is 0.131. The van der Waals surface area contributed by atoms with Crippen LogP contribution < -0.4 is 23.7 Å². The van der Waals surface area contributed by atoms with Crippen molar-refractivity contribution in [2.24, 2.45) is 0 Å². The van der Waals surface area contributed by atoms with Crippen LogP contribution in [0.15, 0.2) is 24.3 Å². The van der Waals surface area contributed by atoms with Crippen molar-refractivity contribution in [1.29, 1.82) is 0 Å². The number of phenols is 1. The van der Waals surface area contributed by atoms with E-state index in [1.165, 1.54) is 59.8 Å². The van der Waals surface area contributed by atoms with Crippen LogP contribution in [0.1, 0.15) is 20.7 Å². The first-order valence-corrected chi connectivity index (χ1v) is 8.84. The average molecular weight is 438 g/mol. The molecule has 10 heteroatoms. The second kappa shape index (κ2) is 12.3. The quantitative estimate of drug-likeness (QED) is 0.493. The van der Waals surface area contributed by atoms with Gasteiger partial charge in [-0.05, 0) is 24.3 Å². The highest BCUT2D eigenvalue weighted by Gasteiger charge is 2.16. The summed E-state index contributed by atoms with van der Waals surface area (Å²) in [6.45, 7) is -1.16. The van der Waals surface area contributed by atoms with E-state index in [9.17, 15) is 14.7 Å². The van der Waals surface area contributed by atoms with E-state index in [1.807, 2.05) is 0 Å². The summed E-state index contributed by atoms with van der Waals surface area (Å²) in [5.74, 6) is 0.412. The molecule has 0 atom stereocenters. The maximum absolute atomic E-state index is 11.3. The van der Waals surface area contributed by atoms with Gasteiger partial charge < -0.3 is 39.0 Å². The van der Waals surface area contributed by atoms with E-state index in [0.717, 1.165) is 0 Å². The van der Waals surface area contributed by atoms with E-state index in [2.05, 4.69) is 0 Å². The molecule has 0 aliphatic heterocycles. The van der Waals surface area contributed by atoms with Crippen LogP contribution >= 0.6 is 0 Å². The molecule has 3 N–H and O–H groups in total. The first-order valence-electron chi connectivity index (χ1n) is 8.84. The molecule has 0 saturated heterocycles. The zero-order valence-corrected chi connectivity index (χ0v) is 17.9. The number of carbonyl (C=O) groups excluding carboxylic acids is 2. The molecule has 0 aliphatic carbocycles. The Hall–Kier alpha value is -3.50. The summed E-state index contributed by atoms with van der Waals surface area (Å²) in [5, 5.41) is 27.0. The van der Waals surface area contributed by atoms with Crippen LogP contribution in [0.2, 0.25) is 0 Å². The van der Waals surface area contributed by atoms with Crippen molar-refractivity contribution in [3.8, 4) is 34.5 Å². The highest BCUT2D eigenvalue weighted by atomic mass is 16.5. The van der Waals surface area contributed by atoms with Gasteiger partial charge >= 0.3 is 0 Å². The number of rotatable bonds is 9. The molecule has 0 spiro atoms. The maximum atomic E-state index is 11.3. The Bertz CT molecular complexity index is 857. The predicted octanol–water partition coefficient (Wildman–Crippen LogP) is 1.47. The number of methoxy groups -OCH3 is 5. The molecule has 0 aliphatic rings. The number of hydrogen-bond donors (Lipinski definition) is 3. The highest BCUT2D eigenvalue weighted by Crippen LogP contribution is 2.38. The number of hydrogen-bond acceptors (Lipinski definition) is 10. The molecule has 0 amide bonds. The van der Waals surface area contributed by atoms with Gasteiger partial charge in [0.2, 0.25) is 11.5 Å². The summed E-state index contributed by atoms with van der Waals surface area (Å²) in [6, 6.07) is 5.69. The average Bonchev–Trinajstić information content (AvgIpc) is 2.82. The lowest BCUT2D eigenvalue weighted by molar-refractivity contribution is 0.0897. The van der Waals surface area contributed by atoms with Crippen molar-refractivity contribution in [2.45, 2.75) is 0 Å². The van der Waals surface area contributed by atoms with Gasteiger partial charge in [-0.2, -0.15) is 0 Å². The molecule has 0 radical (unpaired) electrons.